The van der Waals surface area contributed by atoms with Crippen LogP contribution in [0.15, 0.2) is 47.5 Å². The molecular weight excluding hydrogens is 348 g/mol. The number of rotatable bonds is 4. The van der Waals surface area contributed by atoms with Crippen LogP contribution >= 0.6 is 0 Å². The minimum absolute atomic E-state index is 0.00651. The third-order valence-electron chi connectivity index (χ3n) is 4.60. The summed E-state index contributed by atoms with van der Waals surface area (Å²) in [5.74, 6) is 0.613. The maximum Gasteiger partial charge on any atom is 0.271 e. The van der Waals surface area contributed by atoms with Crippen LogP contribution in [-0.4, -0.2) is 33.7 Å². The summed E-state index contributed by atoms with van der Waals surface area (Å²) in [4.78, 5) is 28.2. The third-order valence-corrected chi connectivity index (χ3v) is 4.60. The Labute approximate surface area is 156 Å². The van der Waals surface area contributed by atoms with Crippen molar-refractivity contribution in [2.75, 3.05) is 13.1 Å². The second kappa shape index (κ2) is 7.94. The van der Waals surface area contributed by atoms with Gasteiger partial charge in [-0.1, -0.05) is 18.2 Å². The number of hydrogen-bond acceptors (Lipinski definition) is 5. The minimum atomic E-state index is -0.452. The number of non-ortho nitro benzene ring substituents is 2. The van der Waals surface area contributed by atoms with E-state index in [4.69, 9.17) is 4.99 Å². The van der Waals surface area contributed by atoms with Crippen molar-refractivity contribution in [2.24, 2.45) is 4.99 Å². The molecule has 0 aliphatic carbocycles. The Bertz CT molecular complexity index is 904. The predicted molar refractivity (Wildman–Crippen MR) is 103 cm³/mol. The van der Waals surface area contributed by atoms with E-state index >= 15 is 0 Å². The fraction of sp³-hybridized carbons (Fsp3) is 0.316. The molecule has 1 aliphatic rings. The van der Waals surface area contributed by atoms with Gasteiger partial charge in [0.2, 0.25) is 0 Å². The van der Waals surface area contributed by atoms with Crippen molar-refractivity contribution in [1.82, 2.24) is 4.90 Å². The maximum atomic E-state index is 11.2. The molecular formula is C19H20N4O4. The molecule has 1 heterocycles. The number of likely N-dealkylation sites (tertiary alicyclic amines) is 1. The van der Waals surface area contributed by atoms with E-state index in [-0.39, 0.29) is 11.4 Å². The van der Waals surface area contributed by atoms with E-state index < -0.39 is 9.85 Å². The lowest BCUT2D eigenvalue weighted by Gasteiger charge is -2.30. The Morgan fingerprint density at radius 2 is 1.63 bits per heavy atom. The van der Waals surface area contributed by atoms with Gasteiger partial charge in [-0.25, -0.2) is 4.99 Å². The average molecular weight is 368 g/mol. The van der Waals surface area contributed by atoms with Crippen LogP contribution in [0, 0.1) is 27.2 Å². The van der Waals surface area contributed by atoms with Crippen LogP contribution in [0.3, 0.4) is 0 Å². The molecule has 1 saturated heterocycles. The van der Waals surface area contributed by atoms with Crippen LogP contribution in [0.5, 0.6) is 0 Å². The van der Waals surface area contributed by atoms with Crippen LogP contribution in [0.25, 0.3) is 0 Å². The molecule has 2 aromatic rings. The van der Waals surface area contributed by atoms with Crippen molar-refractivity contribution >= 4 is 22.9 Å². The summed E-state index contributed by atoms with van der Waals surface area (Å²) in [6.45, 7) is 3.44. The number of piperidine rings is 1. The van der Waals surface area contributed by atoms with Crippen LogP contribution in [-0.2, 0) is 0 Å². The van der Waals surface area contributed by atoms with E-state index in [1.54, 1.807) is 18.2 Å². The average Bonchev–Trinajstić information content (AvgIpc) is 2.68. The Morgan fingerprint density at radius 1 is 0.963 bits per heavy atom. The van der Waals surface area contributed by atoms with Crippen molar-refractivity contribution in [3.8, 4) is 0 Å². The third kappa shape index (κ3) is 4.28. The van der Waals surface area contributed by atoms with Crippen molar-refractivity contribution in [2.45, 2.75) is 26.2 Å². The van der Waals surface area contributed by atoms with Crippen molar-refractivity contribution < 1.29 is 9.85 Å². The first kappa shape index (κ1) is 18.5. The summed E-state index contributed by atoms with van der Waals surface area (Å²) in [6.07, 6.45) is 3.16. The van der Waals surface area contributed by atoms with Crippen LogP contribution < -0.4 is 0 Å². The Balaban J connectivity index is 2.11. The van der Waals surface area contributed by atoms with Gasteiger partial charge in [0, 0.05) is 42.9 Å². The summed E-state index contributed by atoms with van der Waals surface area (Å²) in [6, 6.07) is 10.9. The summed E-state index contributed by atoms with van der Waals surface area (Å²) in [5.41, 5.74) is 1.90. The van der Waals surface area contributed by atoms with Crippen LogP contribution in [0.4, 0.5) is 17.1 Å². The van der Waals surface area contributed by atoms with E-state index in [1.807, 2.05) is 6.92 Å². The highest BCUT2D eigenvalue weighted by Gasteiger charge is 2.20. The topological polar surface area (TPSA) is 102 Å². The van der Waals surface area contributed by atoms with Gasteiger partial charge < -0.3 is 4.90 Å². The molecule has 0 bridgehead atoms. The van der Waals surface area contributed by atoms with Gasteiger partial charge in [0.25, 0.3) is 11.4 Å². The Hall–Kier alpha value is -3.29. The lowest BCUT2D eigenvalue weighted by molar-refractivity contribution is -0.385. The smallest absolute Gasteiger partial charge is 0.271 e. The number of aliphatic imine (C=N–C) groups is 1. The van der Waals surface area contributed by atoms with Gasteiger partial charge in [0.15, 0.2) is 0 Å². The normalized spacial score (nSPS) is 14.9. The highest BCUT2D eigenvalue weighted by Crippen LogP contribution is 2.27. The number of amidine groups is 1. The predicted octanol–water partition coefficient (Wildman–Crippen LogP) is 4.38. The molecule has 0 N–H and O–H groups in total. The number of benzene rings is 2. The Morgan fingerprint density at radius 3 is 2.30 bits per heavy atom. The summed E-state index contributed by atoms with van der Waals surface area (Å²) in [5, 5.41) is 22.3. The summed E-state index contributed by atoms with van der Waals surface area (Å²) in [7, 11) is 0. The molecule has 2 aromatic carbocycles. The SMILES string of the molecule is Cc1ccc([N+](=O)[O-])cc1N=C(c1cccc([N+](=O)[O-])c1)N1CCCCC1. The molecule has 0 amide bonds. The number of aryl methyl sites for hydroxylation is 1. The highest BCUT2D eigenvalue weighted by molar-refractivity contribution is 6.01. The molecule has 1 aliphatic heterocycles. The van der Waals surface area contributed by atoms with Crippen molar-refractivity contribution in [3.05, 3.63) is 73.8 Å². The molecule has 1 fully saturated rings. The molecule has 0 unspecified atom stereocenters. The zero-order valence-corrected chi connectivity index (χ0v) is 15.0. The molecule has 0 saturated carbocycles. The van der Waals surface area contributed by atoms with Gasteiger partial charge >= 0.3 is 0 Å². The molecule has 8 nitrogen and oxygen atoms in total. The molecule has 3 rings (SSSR count). The van der Waals surface area contributed by atoms with Gasteiger partial charge in [0.05, 0.1) is 15.5 Å². The van der Waals surface area contributed by atoms with Crippen LogP contribution in [0.1, 0.15) is 30.4 Å². The first-order valence-corrected chi connectivity index (χ1v) is 8.79. The molecule has 0 aromatic heterocycles. The standard InChI is InChI=1S/C19H20N4O4/c1-14-8-9-17(23(26)27)13-18(14)20-19(21-10-3-2-4-11-21)15-6-5-7-16(12-15)22(24)25/h5-9,12-13H,2-4,10-11H2,1H3. The number of nitro groups is 2. The second-order valence-electron chi connectivity index (χ2n) is 6.52. The van der Waals surface area contributed by atoms with Gasteiger partial charge in [-0.15, -0.1) is 0 Å². The summed E-state index contributed by atoms with van der Waals surface area (Å²) >= 11 is 0. The van der Waals surface area contributed by atoms with E-state index in [2.05, 4.69) is 4.90 Å². The monoisotopic (exact) mass is 368 g/mol. The zero-order valence-electron chi connectivity index (χ0n) is 15.0. The summed E-state index contributed by atoms with van der Waals surface area (Å²) < 4.78 is 0. The van der Waals surface area contributed by atoms with Crippen molar-refractivity contribution in [1.29, 1.82) is 0 Å². The zero-order chi connectivity index (χ0) is 19.4. The molecule has 0 radical (unpaired) electrons. The molecule has 0 atom stereocenters. The lowest BCUT2D eigenvalue weighted by Crippen LogP contribution is -2.36. The fourth-order valence-electron chi connectivity index (χ4n) is 3.13. The molecule has 27 heavy (non-hydrogen) atoms. The first-order chi connectivity index (χ1) is 13.0. The van der Waals surface area contributed by atoms with E-state index in [0.717, 1.165) is 37.9 Å². The number of nitrogens with zero attached hydrogens (tertiary/aromatic N) is 4. The van der Waals surface area contributed by atoms with E-state index in [1.165, 1.54) is 24.3 Å². The molecule has 140 valence electrons. The van der Waals surface area contributed by atoms with Gasteiger partial charge in [-0.2, -0.15) is 0 Å². The number of nitro benzene ring substituents is 2. The second-order valence-corrected chi connectivity index (χ2v) is 6.52. The minimum Gasteiger partial charge on any atom is -0.356 e. The molecule has 0 spiro atoms. The number of hydrogen-bond donors (Lipinski definition) is 0. The fourth-order valence-corrected chi connectivity index (χ4v) is 3.13. The van der Waals surface area contributed by atoms with E-state index in [9.17, 15) is 20.2 Å². The largest absolute Gasteiger partial charge is 0.356 e. The first-order valence-electron chi connectivity index (χ1n) is 8.79. The maximum absolute atomic E-state index is 11.2. The van der Waals surface area contributed by atoms with Crippen LogP contribution in [0.2, 0.25) is 0 Å². The molecule has 8 heteroatoms. The van der Waals surface area contributed by atoms with E-state index in [0.29, 0.717) is 17.1 Å². The lowest BCUT2D eigenvalue weighted by atomic mass is 10.1. The quantitative estimate of drug-likeness (QED) is 0.345. The van der Waals surface area contributed by atoms with Gasteiger partial charge in [-0.05, 0) is 31.7 Å². The van der Waals surface area contributed by atoms with Gasteiger partial charge in [-0.3, -0.25) is 20.2 Å². The van der Waals surface area contributed by atoms with Gasteiger partial charge in [0.1, 0.15) is 5.84 Å². The Kier molecular flexibility index (Phi) is 5.44. The highest BCUT2D eigenvalue weighted by atomic mass is 16.6. The van der Waals surface area contributed by atoms with Crippen molar-refractivity contribution in [3.63, 3.8) is 0 Å².